The number of benzene rings is 1. The zero-order valence-corrected chi connectivity index (χ0v) is 21.8. The van der Waals surface area contributed by atoms with Gasteiger partial charge >= 0.3 is 6.18 Å². The van der Waals surface area contributed by atoms with Crippen LogP contribution in [0.4, 0.5) is 36.1 Å². The van der Waals surface area contributed by atoms with Gasteiger partial charge in [-0.3, -0.25) is 9.79 Å². The van der Waals surface area contributed by atoms with Crippen molar-refractivity contribution in [2.75, 3.05) is 67.9 Å². The van der Waals surface area contributed by atoms with E-state index in [0.29, 0.717) is 23.5 Å². The third-order valence-corrected chi connectivity index (χ3v) is 5.74. The van der Waals surface area contributed by atoms with Gasteiger partial charge in [-0.1, -0.05) is 12.6 Å². The third kappa shape index (κ3) is 8.30. The van der Waals surface area contributed by atoms with Gasteiger partial charge in [-0.2, -0.15) is 18.2 Å². The second kappa shape index (κ2) is 13.4. The fraction of sp³-hybridized carbons (Fsp3) is 0.308. The van der Waals surface area contributed by atoms with Gasteiger partial charge in [0.05, 0.1) is 12.8 Å². The molecule has 1 fully saturated rings. The number of hydrogen-bond acceptors (Lipinski definition) is 9. The number of likely N-dealkylation sites (N-methyl/N-ethyl adjacent to an activating group) is 1. The van der Waals surface area contributed by atoms with Gasteiger partial charge in [0.25, 0.3) is 0 Å². The smallest absolute Gasteiger partial charge is 0.421 e. The Morgan fingerprint density at radius 3 is 2.46 bits per heavy atom. The first-order valence-electron chi connectivity index (χ1n) is 12.0. The molecule has 0 unspecified atom stereocenters. The maximum atomic E-state index is 13.9. The fourth-order valence-corrected chi connectivity index (χ4v) is 3.67. The second-order valence-corrected chi connectivity index (χ2v) is 8.48. The van der Waals surface area contributed by atoms with Crippen molar-refractivity contribution in [3.63, 3.8) is 0 Å². The van der Waals surface area contributed by atoms with E-state index in [1.165, 1.54) is 19.2 Å². The van der Waals surface area contributed by atoms with Crippen LogP contribution in [0.2, 0.25) is 0 Å². The van der Waals surface area contributed by atoms with Crippen molar-refractivity contribution in [2.45, 2.75) is 6.18 Å². The minimum absolute atomic E-state index is 0.182. The largest absolute Gasteiger partial charge is 0.479 e. The van der Waals surface area contributed by atoms with Gasteiger partial charge in [-0.15, -0.1) is 0 Å². The first-order valence-corrected chi connectivity index (χ1v) is 12.0. The summed E-state index contributed by atoms with van der Waals surface area (Å²) in [6, 6.07) is 9.69. The van der Waals surface area contributed by atoms with Crippen LogP contribution in [0.3, 0.4) is 0 Å². The second-order valence-electron chi connectivity index (χ2n) is 8.48. The molecule has 13 heteroatoms. The summed E-state index contributed by atoms with van der Waals surface area (Å²) in [5.41, 5.74) is -0.0243. The molecule has 1 aromatic heterocycles. The molecule has 0 atom stereocenters. The van der Waals surface area contributed by atoms with Crippen LogP contribution in [0.1, 0.15) is 0 Å². The lowest BCUT2D eigenvalue weighted by atomic mass is 10.2. The number of carbonyl (C=O) groups excluding carboxylic acids is 1. The van der Waals surface area contributed by atoms with Gasteiger partial charge < -0.3 is 30.5 Å². The zero-order chi connectivity index (χ0) is 28.4. The minimum atomic E-state index is -4.77. The molecule has 2 aromatic rings. The average Bonchev–Trinajstić information content (AvgIpc) is 2.92. The number of amides is 1. The van der Waals surface area contributed by atoms with Crippen LogP contribution in [0, 0.1) is 0 Å². The first-order chi connectivity index (χ1) is 18.6. The number of alkyl halides is 3. The lowest BCUT2D eigenvalue weighted by Gasteiger charge is -2.33. The monoisotopic (exact) mass is 544 g/mol. The van der Waals surface area contributed by atoms with Crippen LogP contribution < -0.4 is 25.6 Å². The van der Waals surface area contributed by atoms with E-state index in [1.54, 1.807) is 18.2 Å². The van der Waals surface area contributed by atoms with Gasteiger partial charge in [0.1, 0.15) is 23.9 Å². The zero-order valence-electron chi connectivity index (χ0n) is 21.8. The number of nitrogens with zero attached hydrogens (tertiary/aromatic N) is 5. The normalized spacial score (nSPS) is 14.9. The molecule has 10 nitrogen and oxygen atoms in total. The molecular weight excluding hydrogens is 513 g/mol. The summed E-state index contributed by atoms with van der Waals surface area (Å²) in [5, 5.41) is 8.05. The molecule has 0 bridgehead atoms. The van der Waals surface area contributed by atoms with Crippen molar-refractivity contribution < 1.29 is 22.7 Å². The average molecular weight is 545 g/mol. The molecule has 0 radical (unpaired) electrons. The Bertz CT molecular complexity index is 1240. The van der Waals surface area contributed by atoms with E-state index in [-0.39, 0.29) is 12.4 Å². The Morgan fingerprint density at radius 1 is 1.15 bits per heavy atom. The fourth-order valence-electron chi connectivity index (χ4n) is 3.67. The van der Waals surface area contributed by atoms with E-state index in [0.717, 1.165) is 38.1 Å². The maximum absolute atomic E-state index is 13.9. The molecule has 1 aliphatic rings. The van der Waals surface area contributed by atoms with Crippen molar-refractivity contribution in [2.24, 2.45) is 9.98 Å². The molecule has 1 aliphatic heterocycles. The third-order valence-electron chi connectivity index (χ3n) is 5.74. The molecule has 2 heterocycles. The number of methoxy groups -OCH3 is 1. The number of hydrogen-bond donors (Lipinski definition) is 3. The Hall–Kier alpha value is -4.39. The highest BCUT2D eigenvalue weighted by atomic mass is 19.4. The highest BCUT2D eigenvalue weighted by molar-refractivity contribution is 5.99. The Morgan fingerprint density at radius 2 is 1.85 bits per heavy atom. The number of carbonyl (C=O) groups is 1. The van der Waals surface area contributed by atoms with E-state index < -0.39 is 23.5 Å². The summed E-state index contributed by atoms with van der Waals surface area (Å²) in [6.45, 7) is 9.94. The molecule has 0 saturated carbocycles. The number of halogens is 3. The summed E-state index contributed by atoms with van der Waals surface area (Å²) < 4.78 is 47.0. The van der Waals surface area contributed by atoms with E-state index in [1.807, 2.05) is 6.07 Å². The molecule has 3 N–H and O–H groups in total. The van der Waals surface area contributed by atoms with Gasteiger partial charge in [0, 0.05) is 43.8 Å². The van der Waals surface area contributed by atoms with Gasteiger partial charge in [-0.05, 0) is 50.2 Å². The van der Waals surface area contributed by atoms with Crippen molar-refractivity contribution in [3.05, 3.63) is 60.4 Å². The van der Waals surface area contributed by atoms with E-state index in [2.05, 4.69) is 61.1 Å². The van der Waals surface area contributed by atoms with Crippen LogP contribution in [-0.2, 0) is 4.79 Å². The Labute approximate surface area is 225 Å². The standard InChI is InChI=1S/C26H31F3N8O2/c1-5-23(38)33-18-7-6-8-19(15-18)34-24(30-2)20(26(27,28)29)16-31-17-32-21-9-10-22(35-25(21)39-4)37-13-11-36(3)12-14-37/h5-10,15-16,32,34H,1-2,11-14,17H2,3-4H3,(H,33,38)/b24-20-,31-16-. The maximum Gasteiger partial charge on any atom is 0.421 e. The van der Waals surface area contributed by atoms with Crippen LogP contribution in [0.5, 0.6) is 5.88 Å². The number of aliphatic imine (C=N–C) groups is 2. The number of nitrogens with one attached hydrogen (secondary N) is 3. The molecule has 0 aliphatic carbocycles. The molecule has 39 heavy (non-hydrogen) atoms. The topological polar surface area (TPSA) is 106 Å². The Kier molecular flexibility index (Phi) is 10.0. The summed E-state index contributed by atoms with van der Waals surface area (Å²) in [4.78, 5) is 27.9. The summed E-state index contributed by atoms with van der Waals surface area (Å²) >= 11 is 0. The molecule has 1 saturated heterocycles. The molecule has 1 amide bonds. The lowest BCUT2D eigenvalue weighted by molar-refractivity contribution is -0.111. The van der Waals surface area contributed by atoms with Crippen LogP contribution in [0.15, 0.2) is 70.4 Å². The van der Waals surface area contributed by atoms with Crippen LogP contribution in [0.25, 0.3) is 0 Å². The van der Waals surface area contributed by atoms with E-state index >= 15 is 0 Å². The summed E-state index contributed by atoms with van der Waals surface area (Å²) in [5.74, 6) is 0.0688. The highest BCUT2D eigenvalue weighted by Gasteiger charge is 2.35. The number of piperazine rings is 1. The molecule has 1 aromatic carbocycles. The quantitative estimate of drug-likeness (QED) is 0.290. The number of allylic oxidation sites excluding steroid dienone is 1. The number of aromatic nitrogens is 1. The summed E-state index contributed by atoms with van der Waals surface area (Å²) in [7, 11) is 3.53. The van der Waals surface area contributed by atoms with Gasteiger partial charge in [-0.25, -0.2) is 4.99 Å². The number of rotatable bonds is 11. The highest BCUT2D eigenvalue weighted by Crippen LogP contribution is 2.29. The summed E-state index contributed by atoms with van der Waals surface area (Å²) in [6.07, 6.45) is -3.02. The first kappa shape index (κ1) is 29.2. The SMILES string of the molecule is C=CC(=O)Nc1cccc(N/C(N=C)=C(/C=N\CNc2ccc(N3CCN(C)CC3)nc2OC)C(F)(F)F)c1. The molecular formula is C26H31F3N8O2. The van der Waals surface area contributed by atoms with Gasteiger partial charge in [0.15, 0.2) is 0 Å². The molecule has 3 rings (SSSR count). The number of anilines is 4. The van der Waals surface area contributed by atoms with Crippen LogP contribution in [-0.4, -0.2) is 81.9 Å². The molecule has 0 spiro atoms. The van der Waals surface area contributed by atoms with E-state index in [9.17, 15) is 18.0 Å². The predicted octanol–water partition coefficient (Wildman–Crippen LogP) is 3.99. The van der Waals surface area contributed by atoms with E-state index in [4.69, 9.17) is 4.74 Å². The van der Waals surface area contributed by atoms with Crippen molar-refractivity contribution in [1.82, 2.24) is 9.88 Å². The van der Waals surface area contributed by atoms with Gasteiger partial charge in [0.2, 0.25) is 11.8 Å². The van der Waals surface area contributed by atoms with Crippen molar-refractivity contribution in [1.29, 1.82) is 0 Å². The number of pyridine rings is 1. The van der Waals surface area contributed by atoms with Crippen molar-refractivity contribution >= 4 is 41.7 Å². The Balaban J connectivity index is 1.73. The lowest BCUT2D eigenvalue weighted by Crippen LogP contribution is -2.44. The predicted molar refractivity (Wildman–Crippen MR) is 149 cm³/mol. The minimum Gasteiger partial charge on any atom is -0.479 e. The number of ether oxygens (including phenoxy) is 1. The van der Waals surface area contributed by atoms with Crippen LogP contribution >= 0.6 is 0 Å². The molecule has 208 valence electrons. The van der Waals surface area contributed by atoms with Crippen molar-refractivity contribution in [3.8, 4) is 5.88 Å².